The molecule has 6 heteroatoms. The molecule has 0 aliphatic rings. The molecule has 106 valence electrons. The second-order valence-electron chi connectivity index (χ2n) is 4.38. The quantitative estimate of drug-likeness (QED) is 0.680. The van der Waals surface area contributed by atoms with Crippen molar-refractivity contribution in [2.24, 2.45) is 7.05 Å². The second-order valence-corrected chi connectivity index (χ2v) is 4.38. The Balaban J connectivity index is 2.92. The monoisotopic (exact) mass is 277 g/mol. The highest BCUT2D eigenvalue weighted by Crippen LogP contribution is 2.36. The van der Waals surface area contributed by atoms with Gasteiger partial charge in [0.15, 0.2) is 0 Å². The van der Waals surface area contributed by atoms with E-state index in [1.54, 1.807) is 30.7 Å². The van der Waals surface area contributed by atoms with Gasteiger partial charge < -0.3 is 19.1 Å². The Morgan fingerprint density at radius 3 is 2.35 bits per heavy atom. The van der Waals surface area contributed by atoms with E-state index in [0.717, 1.165) is 0 Å². The Bertz CT molecular complexity index is 714. The van der Waals surface area contributed by atoms with Gasteiger partial charge in [0.05, 0.1) is 25.3 Å². The molecule has 1 aromatic carbocycles. The van der Waals surface area contributed by atoms with E-state index in [4.69, 9.17) is 14.6 Å². The molecule has 1 N–H and O–H groups in total. The molecular weight excluding hydrogens is 262 g/mol. The Hall–Kier alpha value is -2.50. The summed E-state index contributed by atoms with van der Waals surface area (Å²) in [5.41, 5.74) is 1.39. The zero-order valence-corrected chi connectivity index (χ0v) is 11.7. The minimum atomic E-state index is -1.48. The van der Waals surface area contributed by atoms with Crippen LogP contribution in [0.4, 0.5) is 0 Å². The molecule has 6 nitrogen and oxygen atoms in total. The molecule has 2 aromatic rings. The smallest absolute Gasteiger partial charge is 0.377 e. The number of aliphatic carboxylic acids is 1. The third-order valence-corrected chi connectivity index (χ3v) is 3.40. The summed E-state index contributed by atoms with van der Waals surface area (Å²) in [7, 11) is 4.76. The lowest BCUT2D eigenvalue weighted by Gasteiger charge is -2.08. The van der Waals surface area contributed by atoms with E-state index in [-0.39, 0.29) is 5.56 Å². The number of methoxy groups -OCH3 is 2. The molecule has 0 bridgehead atoms. The topological polar surface area (TPSA) is 77.8 Å². The van der Waals surface area contributed by atoms with Crippen LogP contribution in [0.1, 0.15) is 16.1 Å². The maximum absolute atomic E-state index is 11.9. The summed E-state index contributed by atoms with van der Waals surface area (Å²) < 4.78 is 12.2. The Labute approximate surface area is 115 Å². The fraction of sp³-hybridized carbons (Fsp3) is 0.286. The zero-order chi connectivity index (χ0) is 15.0. The molecule has 0 spiro atoms. The van der Waals surface area contributed by atoms with Gasteiger partial charge >= 0.3 is 5.97 Å². The maximum atomic E-state index is 11.9. The molecule has 0 atom stereocenters. The first-order valence-corrected chi connectivity index (χ1v) is 5.91. The van der Waals surface area contributed by atoms with E-state index in [1.807, 2.05) is 0 Å². The Morgan fingerprint density at radius 2 is 1.85 bits per heavy atom. The maximum Gasteiger partial charge on any atom is 0.377 e. The lowest BCUT2D eigenvalue weighted by molar-refractivity contribution is -0.131. The zero-order valence-electron chi connectivity index (χ0n) is 11.7. The number of fused-ring (bicyclic) bond motifs is 1. The third-order valence-electron chi connectivity index (χ3n) is 3.40. The highest BCUT2D eigenvalue weighted by Gasteiger charge is 2.25. The fourth-order valence-electron chi connectivity index (χ4n) is 2.32. The van der Waals surface area contributed by atoms with Crippen LogP contribution in [0.15, 0.2) is 12.1 Å². The van der Waals surface area contributed by atoms with Crippen molar-refractivity contribution in [3.05, 3.63) is 23.4 Å². The molecule has 0 unspecified atom stereocenters. The highest BCUT2D eigenvalue weighted by molar-refractivity contribution is 6.42. The predicted octanol–water partition coefficient (Wildman–Crippen LogP) is 1.77. The van der Waals surface area contributed by atoms with Crippen molar-refractivity contribution in [2.75, 3.05) is 14.2 Å². The summed E-state index contributed by atoms with van der Waals surface area (Å²) in [6.45, 7) is 1.70. The van der Waals surface area contributed by atoms with Crippen LogP contribution in [0.25, 0.3) is 10.9 Å². The number of benzene rings is 1. The largest absolute Gasteiger partial charge is 0.497 e. The van der Waals surface area contributed by atoms with E-state index in [0.29, 0.717) is 28.1 Å². The van der Waals surface area contributed by atoms with Crippen LogP contribution in [-0.2, 0) is 11.8 Å². The molecule has 0 radical (unpaired) electrons. The third kappa shape index (κ3) is 1.89. The van der Waals surface area contributed by atoms with E-state index < -0.39 is 11.8 Å². The first kappa shape index (κ1) is 13.9. The number of carbonyl (C=O) groups excluding carboxylic acids is 1. The van der Waals surface area contributed by atoms with E-state index in [9.17, 15) is 9.59 Å². The van der Waals surface area contributed by atoms with E-state index in [1.165, 1.54) is 14.2 Å². The molecule has 0 saturated heterocycles. The normalized spacial score (nSPS) is 10.6. The fourth-order valence-corrected chi connectivity index (χ4v) is 2.32. The van der Waals surface area contributed by atoms with Crippen molar-refractivity contribution < 1.29 is 24.2 Å². The van der Waals surface area contributed by atoms with Crippen molar-refractivity contribution >= 4 is 22.7 Å². The number of ether oxygens (including phenoxy) is 2. The van der Waals surface area contributed by atoms with E-state index in [2.05, 4.69) is 0 Å². The minimum Gasteiger partial charge on any atom is -0.497 e. The summed E-state index contributed by atoms with van der Waals surface area (Å²) >= 11 is 0. The number of carboxylic acids is 1. The summed E-state index contributed by atoms with van der Waals surface area (Å²) in [6.07, 6.45) is 0. The lowest BCUT2D eigenvalue weighted by atomic mass is 10.1. The van der Waals surface area contributed by atoms with Crippen LogP contribution in [0.3, 0.4) is 0 Å². The number of Topliss-reactive ketones (excluding diaryl/α,β-unsaturated/α-hetero) is 1. The minimum absolute atomic E-state index is 0.159. The molecule has 0 aliphatic carbocycles. The van der Waals surface area contributed by atoms with Gasteiger partial charge in [-0.2, -0.15) is 0 Å². The summed E-state index contributed by atoms with van der Waals surface area (Å²) in [6, 6.07) is 3.33. The number of hydrogen-bond acceptors (Lipinski definition) is 4. The van der Waals surface area contributed by atoms with Gasteiger partial charge in [0.2, 0.25) is 0 Å². The van der Waals surface area contributed by atoms with Crippen molar-refractivity contribution in [3.63, 3.8) is 0 Å². The van der Waals surface area contributed by atoms with Crippen LogP contribution in [0.5, 0.6) is 11.5 Å². The molecule has 0 fully saturated rings. The molecule has 2 rings (SSSR count). The number of aromatic nitrogens is 1. The summed E-state index contributed by atoms with van der Waals surface area (Å²) in [5.74, 6) is -1.40. The first-order valence-electron chi connectivity index (χ1n) is 5.91. The number of carboxylic acid groups (broad SMARTS) is 1. The van der Waals surface area contributed by atoms with Crippen molar-refractivity contribution in [1.82, 2.24) is 4.57 Å². The van der Waals surface area contributed by atoms with E-state index >= 15 is 0 Å². The molecule has 0 saturated carbocycles. The van der Waals surface area contributed by atoms with Crippen LogP contribution < -0.4 is 9.47 Å². The highest BCUT2D eigenvalue weighted by atomic mass is 16.5. The van der Waals surface area contributed by atoms with Crippen molar-refractivity contribution in [3.8, 4) is 11.5 Å². The second kappa shape index (κ2) is 4.88. The standard InChI is InChI=1S/C14H15NO5/c1-7-11(13(16)14(17)18)9-5-8(19-3)6-10(20-4)12(9)15(7)2/h5-6H,1-4H3,(H,17,18). The van der Waals surface area contributed by atoms with Gasteiger partial charge in [-0.25, -0.2) is 4.79 Å². The van der Waals surface area contributed by atoms with Gasteiger partial charge in [0, 0.05) is 24.2 Å². The average molecular weight is 277 g/mol. The van der Waals surface area contributed by atoms with Gasteiger partial charge in [0.1, 0.15) is 11.5 Å². The number of carbonyl (C=O) groups is 2. The molecule has 20 heavy (non-hydrogen) atoms. The van der Waals surface area contributed by atoms with Crippen molar-refractivity contribution in [2.45, 2.75) is 6.92 Å². The predicted molar refractivity (Wildman–Crippen MR) is 72.7 cm³/mol. The summed E-state index contributed by atoms with van der Waals surface area (Å²) in [5, 5.41) is 9.47. The number of aryl methyl sites for hydroxylation is 1. The van der Waals surface area contributed by atoms with Crippen LogP contribution in [0, 0.1) is 6.92 Å². The van der Waals surface area contributed by atoms with Gasteiger partial charge in [-0.1, -0.05) is 0 Å². The summed E-state index contributed by atoms with van der Waals surface area (Å²) in [4.78, 5) is 22.9. The first-order chi connectivity index (χ1) is 9.42. The van der Waals surface area contributed by atoms with Gasteiger partial charge in [-0.15, -0.1) is 0 Å². The van der Waals surface area contributed by atoms with Crippen LogP contribution >= 0.6 is 0 Å². The SMILES string of the molecule is COc1cc(OC)c2c(c1)c(C(=O)C(=O)O)c(C)n2C. The number of nitrogens with zero attached hydrogens (tertiary/aromatic N) is 1. The van der Waals surface area contributed by atoms with Gasteiger partial charge in [0.25, 0.3) is 5.78 Å². The number of hydrogen-bond donors (Lipinski definition) is 1. The molecule has 0 amide bonds. The molecule has 1 aromatic heterocycles. The van der Waals surface area contributed by atoms with Crippen LogP contribution in [-0.4, -0.2) is 35.6 Å². The lowest BCUT2D eigenvalue weighted by Crippen LogP contribution is -2.13. The van der Waals surface area contributed by atoms with Crippen LogP contribution in [0.2, 0.25) is 0 Å². The van der Waals surface area contributed by atoms with Gasteiger partial charge in [-0.3, -0.25) is 4.79 Å². The Morgan fingerprint density at radius 1 is 1.20 bits per heavy atom. The molecule has 1 heterocycles. The number of ketones is 1. The Kier molecular flexibility index (Phi) is 3.40. The van der Waals surface area contributed by atoms with Crippen molar-refractivity contribution in [1.29, 1.82) is 0 Å². The van der Waals surface area contributed by atoms with Gasteiger partial charge in [-0.05, 0) is 13.0 Å². The molecule has 0 aliphatic heterocycles. The number of rotatable bonds is 4. The average Bonchev–Trinajstić information content (AvgIpc) is 2.69. The molecular formula is C14H15NO5.